The highest BCUT2D eigenvalue weighted by Gasteiger charge is 2.12. The van der Waals surface area contributed by atoms with E-state index in [1.165, 1.54) is 18.4 Å². The summed E-state index contributed by atoms with van der Waals surface area (Å²) in [6, 6.07) is 10.8. The van der Waals surface area contributed by atoms with Gasteiger partial charge in [0.2, 0.25) is 5.78 Å². The molecule has 0 amide bonds. The number of hydrogen-bond acceptors (Lipinski definition) is 2. The molecule has 0 aliphatic carbocycles. The molecule has 0 saturated carbocycles. The lowest BCUT2D eigenvalue weighted by molar-refractivity contribution is 0.101. The van der Waals surface area contributed by atoms with Gasteiger partial charge >= 0.3 is 0 Å². The molecule has 0 fully saturated rings. The van der Waals surface area contributed by atoms with Crippen LogP contribution in [0.15, 0.2) is 40.8 Å². The molecule has 2 rings (SSSR count). The summed E-state index contributed by atoms with van der Waals surface area (Å²) >= 11 is 5.66. The fourth-order valence-corrected chi connectivity index (χ4v) is 1.93. The maximum absolute atomic E-state index is 12.0. The standard InChI is InChI=1S/C15H15ClO2/c1-2-3-4-11-5-7-12(8-6-11)15(17)13-9-10-14(16)18-13/h5-10H,2-4H2,1H3. The Labute approximate surface area is 112 Å². The summed E-state index contributed by atoms with van der Waals surface area (Å²) in [5, 5.41) is 0.234. The largest absolute Gasteiger partial charge is 0.441 e. The molecule has 2 nitrogen and oxygen atoms in total. The summed E-state index contributed by atoms with van der Waals surface area (Å²) in [7, 11) is 0. The zero-order valence-corrected chi connectivity index (χ0v) is 11.0. The van der Waals surface area contributed by atoms with Gasteiger partial charge in [0.15, 0.2) is 11.0 Å². The molecule has 0 radical (unpaired) electrons. The molecule has 0 spiro atoms. The molecule has 1 aromatic carbocycles. The van der Waals surface area contributed by atoms with Crippen molar-refractivity contribution in [2.45, 2.75) is 26.2 Å². The van der Waals surface area contributed by atoms with Crippen LogP contribution in [0.25, 0.3) is 0 Å². The van der Waals surface area contributed by atoms with Crippen LogP contribution >= 0.6 is 11.6 Å². The zero-order chi connectivity index (χ0) is 13.0. The molecule has 0 N–H and O–H groups in total. The predicted octanol–water partition coefficient (Wildman–Crippen LogP) is 4.51. The first kappa shape index (κ1) is 12.9. The van der Waals surface area contributed by atoms with Gasteiger partial charge in [-0.1, -0.05) is 37.6 Å². The van der Waals surface area contributed by atoms with Crippen LogP contribution in [0.5, 0.6) is 0 Å². The van der Waals surface area contributed by atoms with Crippen molar-refractivity contribution < 1.29 is 9.21 Å². The fourth-order valence-electron chi connectivity index (χ4n) is 1.78. The second kappa shape index (κ2) is 5.87. The van der Waals surface area contributed by atoms with Crippen LogP contribution in [0.4, 0.5) is 0 Å². The molecule has 0 saturated heterocycles. The van der Waals surface area contributed by atoms with Crippen molar-refractivity contribution in [2.24, 2.45) is 0 Å². The van der Waals surface area contributed by atoms with Gasteiger partial charge in [0.25, 0.3) is 0 Å². The van der Waals surface area contributed by atoms with Gasteiger partial charge in [0.1, 0.15) is 0 Å². The van der Waals surface area contributed by atoms with Crippen LogP contribution in [0.3, 0.4) is 0 Å². The van der Waals surface area contributed by atoms with E-state index < -0.39 is 0 Å². The van der Waals surface area contributed by atoms with E-state index in [9.17, 15) is 4.79 Å². The Hall–Kier alpha value is -1.54. The highest BCUT2D eigenvalue weighted by molar-refractivity contribution is 6.29. The van der Waals surface area contributed by atoms with Gasteiger partial charge in [-0.25, -0.2) is 0 Å². The number of rotatable bonds is 5. The Morgan fingerprint density at radius 2 is 1.89 bits per heavy atom. The Morgan fingerprint density at radius 3 is 2.44 bits per heavy atom. The van der Waals surface area contributed by atoms with Gasteiger partial charge in [0.05, 0.1) is 0 Å². The van der Waals surface area contributed by atoms with Crippen LogP contribution in [0.1, 0.15) is 41.4 Å². The third kappa shape index (κ3) is 3.02. The third-order valence-corrected chi connectivity index (χ3v) is 3.04. The van der Waals surface area contributed by atoms with Gasteiger partial charge in [0, 0.05) is 5.56 Å². The van der Waals surface area contributed by atoms with E-state index in [4.69, 9.17) is 16.0 Å². The lowest BCUT2D eigenvalue weighted by Gasteiger charge is -2.01. The summed E-state index contributed by atoms with van der Waals surface area (Å²) in [5.74, 6) is 0.144. The smallest absolute Gasteiger partial charge is 0.228 e. The second-order valence-electron chi connectivity index (χ2n) is 4.23. The molecule has 1 aromatic heterocycles. The molecule has 18 heavy (non-hydrogen) atoms. The lowest BCUT2D eigenvalue weighted by atomic mass is 10.0. The quantitative estimate of drug-likeness (QED) is 0.743. The molecule has 0 unspecified atom stereocenters. The summed E-state index contributed by atoms with van der Waals surface area (Å²) in [4.78, 5) is 12.0. The van der Waals surface area contributed by atoms with Crippen molar-refractivity contribution in [3.8, 4) is 0 Å². The number of halogens is 1. The fraction of sp³-hybridized carbons (Fsp3) is 0.267. The number of furan rings is 1. The first-order valence-electron chi connectivity index (χ1n) is 6.09. The third-order valence-electron chi connectivity index (χ3n) is 2.83. The normalized spacial score (nSPS) is 10.6. The number of ketones is 1. The second-order valence-corrected chi connectivity index (χ2v) is 4.61. The molecule has 94 valence electrons. The van der Waals surface area contributed by atoms with E-state index in [0.29, 0.717) is 5.56 Å². The maximum atomic E-state index is 12.0. The number of unbranched alkanes of at least 4 members (excludes halogenated alkanes) is 1. The minimum atomic E-state index is -0.135. The first-order chi connectivity index (χ1) is 8.70. The number of carbonyl (C=O) groups is 1. The van der Waals surface area contributed by atoms with E-state index >= 15 is 0 Å². The summed E-state index contributed by atoms with van der Waals surface area (Å²) in [5.41, 5.74) is 1.88. The van der Waals surface area contributed by atoms with E-state index in [1.807, 2.05) is 24.3 Å². The van der Waals surface area contributed by atoms with Crippen LogP contribution in [-0.2, 0) is 6.42 Å². The Kier molecular flexibility index (Phi) is 4.21. The maximum Gasteiger partial charge on any atom is 0.228 e. The summed E-state index contributed by atoms with van der Waals surface area (Å²) in [6.45, 7) is 2.17. The van der Waals surface area contributed by atoms with Crippen LogP contribution in [0.2, 0.25) is 5.22 Å². The Bertz CT molecular complexity index is 526. The van der Waals surface area contributed by atoms with E-state index in [0.717, 1.165) is 6.42 Å². The first-order valence-corrected chi connectivity index (χ1v) is 6.47. The summed E-state index contributed by atoms with van der Waals surface area (Å²) < 4.78 is 5.11. The minimum absolute atomic E-state index is 0.135. The van der Waals surface area contributed by atoms with Crippen molar-refractivity contribution in [1.82, 2.24) is 0 Å². The molecule has 2 aromatic rings. The monoisotopic (exact) mass is 262 g/mol. The number of aryl methyl sites for hydroxylation is 1. The average Bonchev–Trinajstić information content (AvgIpc) is 2.83. The molecule has 1 heterocycles. The molecular weight excluding hydrogens is 248 g/mol. The van der Waals surface area contributed by atoms with Crippen LogP contribution < -0.4 is 0 Å². The number of benzene rings is 1. The van der Waals surface area contributed by atoms with Gasteiger partial charge in [-0.3, -0.25) is 4.79 Å². The van der Waals surface area contributed by atoms with E-state index in [2.05, 4.69) is 6.92 Å². The lowest BCUT2D eigenvalue weighted by Crippen LogP contribution is -1.99. The van der Waals surface area contributed by atoms with Gasteiger partial charge in [-0.05, 0) is 42.1 Å². The van der Waals surface area contributed by atoms with Gasteiger partial charge in [-0.15, -0.1) is 0 Å². The van der Waals surface area contributed by atoms with Crippen molar-refractivity contribution in [1.29, 1.82) is 0 Å². The molecule has 0 aliphatic rings. The molecule has 3 heteroatoms. The molecule has 0 bridgehead atoms. The average molecular weight is 263 g/mol. The van der Waals surface area contributed by atoms with Crippen molar-refractivity contribution >= 4 is 17.4 Å². The van der Waals surface area contributed by atoms with Gasteiger partial charge < -0.3 is 4.42 Å². The van der Waals surface area contributed by atoms with Crippen molar-refractivity contribution in [3.05, 3.63) is 58.5 Å². The Balaban J connectivity index is 2.12. The van der Waals surface area contributed by atoms with E-state index in [1.54, 1.807) is 12.1 Å². The highest BCUT2D eigenvalue weighted by atomic mass is 35.5. The topological polar surface area (TPSA) is 30.2 Å². The summed E-state index contributed by atoms with van der Waals surface area (Å²) in [6.07, 6.45) is 3.39. The number of hydrogen-bond donors (Lipinski definition) is 0. The molecular formula is C15H15ClO2. The molecule has 0 aliphatic heterocycles. The highest BCUT2D eigenvalue weighted by Crippen LogP contribution is 2.17. The minimum Gasteiger partial charge on any atom is -0.441 e. The number of carbonyl (C=O) groups excluding carboxylic acids is 1. The van der Waals surface area contributed by atoms with E-state index in [-0.39, 0.29) is 16.8 Å². The SMILES string of the molecule is CCCCc1ccc(C(=O)c2ccc(Cl)o2)cc1. The zero-order valence-electron chi connectivity index (χ0n) is 10.3. The Morgan fingerprint density at radius 1 is 1.17 bits per heavy atom. The van der Waals surface area contributed by atoms with Gasteiger partial charge in [-0.2, -0.15) is 0 Å². The van der Waals surface area contributed by atoms with Crippen molar-refractivity contribution in [2.75, 3.05) is 0 Å². The van der Waals surface area contributed by atoms with Crippen LogP contribution in [0, 0.1) is 0 Å². The van der Waals surface area contributed by atoms with Crippen LogP contribution in [-0.4, -0.2) is 5.78 Å². The molecule has 0 atom stereocenters. The predicted molar refractivity (Wildman–Crippen MR) is 72.2 cm³/mol. The van der Waals surface area contributed by atoms with Crippen molar-refractivity contribution in [3.63, 3.8) is 0 Å².